The maximum absolute atomic E-state index is 12.6. The van der Waals surface area contributed by atoms with Crippen LogP contribution in [0.1, 0.15) is 17.0 Å². The van der Waals surface area contributed by atoms with Gasteiger partial charge in [-0.05, 0) is 42.8 Å². The van der Waals surface area contributed by atoms with E-state index in [1.807, 2.05) is 42.5 Å². The Balaban J connectivity index is 1.76. The molecule has 0 atom stereocenters. The summed E-state index contributed by atoms with van der Waals surface area (Å²) < 4.78 is 39.2. The predicted molar refractivity (Wildman–Crippen MR) is 95.1 cm³/mol. The Morgan fingerprint density at radius 3 is 2.48 bits per heavy atom. The molecule has 0 unspecified atom stereocenters. The summed E-state index contributed by atoms with van der Waals surface area (Å²) in [6.07, 6.45) is -2.70. The number of nitrogens with zero attached hydrogens (tertiary/aromatic N) is 2. The maximum Gasteiger partial charge on any atom is 0.406 e. The van der Waals surface area contributed by atoms with Crippen LogP contribution in [0.4, 0.5) is 18.9 Å². The molecule has 1 aromatic heterocycles. The van der Waals surface area contributed by atoms with Gasteiger partial charge in [-0.3, -0.25) is 5.43 Å². The van der Waals surface area contributed by atoms with Gasteiger partial charge in [-0.2, -0.15) is 18.3 Å². The highest BCUT2D eigenvalue weighted by Crippen LogP contribution is 2.23. The summed E-state index contributed by atoms with van der Waals surface area (Å²) in [5, 5.41) is 6.38. The summed E-state index contributed by atoms with van der Waals surface area (Å²) in [6, 6.07) is 15.5. The van der Waals surface area contributed by atoms with Gasteiger partial charge in [0.05, 0.1) is 11.9 Å². The van der Waals surface area contributed by atoms with Gasteiger partial charge < -0.3 is 4.57 Å². The summed E-state index contributed by atoms with van der Waals surface area (Å²) in [7, 11) is 0. The molecular weight excluding hydrogens is 327 g/mol. The Labute approximate surface area is 143 Å². The topological polar surface area (TPSA) is 29.3 Å². The van der Waals surface area contributed by atoms with E-state index in [9.17, 15) is 13.2 Å². The molecule has 0 saturated carbocycles. The molecule has 0 radical (unpaired) electrons. The summed E-state index contributed by atoms with van der Waals surface area (Å²) >= 11 is 0. The molecular formula is C19H18F3N3. The molecule has 3 rings (SSSR count). The molecule has 0 spiro atoms. The molecule has 0 aliphatic carbocycles. The minimum absolute atomic E-state index is 0.541. The highest BCUT2D eigenvalue weighted by atomic mass is 19.4. The zero-order chi connectivity index (χ0) is 18.0. The molecule has 25 heavy (non-hydrogen) atoms. The third-order valence-corrected chi connectivity index (χ3v) is 4.10. The van der Waals surface area contributed by atoms with Crippen molar-refractivity contribution < 1.29 is 13.2 Å². The summed E-state index contributed by atoms with van der Waals surface area (Å²) in [5.74, 6) is 0. The lowest BCUT2D eigenvalue weighted by atomic mass is 10.1. The first-order valence-corrected chi connectivity index (χ1v) is 7.85. The first kappa shape index (κ1) is 17.1. The fourth-order valence-electron chi connectivity index (χ4n) is 2.82. The van der Waals surface area contributed by atoms with Gasteiger partial charge in [-0.1, -0.05) is 30.3 Å². The predicted octanol–water partition coefficient (Wildman–Crippen LogP) is 5.27. The largest absolute Gasteiger partial charge is 0.406 e. The Morgan fingerprint density at radius 2 is 1.76 bits per heavy atom. The Morgan fingerprint density at radius 1 is 1.04 bits per heavy atom. The lowest BCUT2D eigenvalue weighted by Crippen LogP contribution is -2.19. The van der Waals surface area contributed by atoms with E-state index in [1.54, 1.807) is 26.1 Å². The number of aromatic nitrogens is 1. The number of benzene rings is 2. The zero-order valence-corrected chi connectivity index (χ0v) is 13.9. The van der Waals surface area contributed by atoms with Crippen molar-refractivity contribution in [1.29, 1.82) is 0 Å². The second-order valence-corrected chi connectivity index (χ2v) is 5.96. The van der Waals surface area contributed by atoms with Gasteiger partial charge in [-0.25, -0.2) is 0 Å². The molecule has 0 amide bonds. The number of halogens is 3. The molecule has 1 heterocycles. The molecule has 1 N–H and O–H groups in total. The van der Waals surface area contributed by atoms with Crippen molar-refractivity contribution in [3.8, 4) is 0 Å². The van der Waals surface area contributed by atoms with E-state index in [-0.39, 0.29) is 0 Å². The molecule has 0 fully saturated rings. The monoisotopic (exact) mass is 345 g/mol. The van der Waals surface area contributed by atoms with Gasteiger partial charge in [0.2, 0.25) is 0 Å². The van der Waals surface area contributed by atoms with Crippen LogP contribution in [0.2, 0.25) is 0 Å². The number of hydrogen-bond donors (Lipinski definition) is 1. The molecule has 6 heteroatoms. The zero-order valence-electron chi connectivity index (χ0n) is 13.9. The lowest BCUT2D eigenvalue weighted by Gasteiger charge is -2.12. The van der Waals surface area contributed by atoms with Crippen LogP contribution in [0, 0.1) is 13.8 Å². The molecule has 3 nitrogen and oxygen atoms in total. The minimum atomic E-state index is -4.24. The van der Waals surface area contributed by atoms with E-state index in [4.69, 9.17) is 0 Å². The van der Waals surface area contributed by atoms with E-state index in [0.717, 1.165) is 16.5 Å². The highest BCUT2D eigenvalue weighted by molar-refractivity contribution is 5.86. The summed E-state index contributed by atoms with van der Waals surface area (Å²) in [5.41, 5.74) is 5.51. The number of hydrazone groups is 1. The first-order valence-electron chi connectivity index (χ1n) is 7.85. The van der Waals surface area contributed by atoms with Crippen LogP contribution in [-0.2, 0) is 6.54 Å². The van der Waals surface area contributed by atoms with Crippen LogP contribution in [0.25, 0.3) is 10.8 Å². The van der Waals surface area contributed by atoms with Crippen LogP contribution in [0.15, 0.2) is 53.6 Å². The lowest BCUT2D eigenvalue weighted by molar-refractivity contribution is -0.141. The number of rotatable bonds is 4. The summed E-state index contributed by atoms with van der Waals surface area (Å²) in [4.78, 5) is 0. The fourth-order valence-corrected chi connectivity index (χ4v) is 2.82. The van der Waals surface area contributed by atoms with E-state index >= 15 is 0 Å². The van der Waals surface area contributed by atoms with Gasteiger partial charge in [-0.15, -0.1) is 0 Å². The van der Waals surface area contributed by atoms with Crippen LogP contribution in [0.5, 0.6) is 0 Å². The van der Waals surface area contributed by atoms with Crippen molar-refractivity contribution in [3.05, 3.63) is 65.5 Å². The van der Waals surface area contributed by atoms with Crippen molar-refractivity contribution in [1.82, 2.24) is 4.57 Å². The van der Waals surface area contributed by atoms with Crippen molar-refractivity contribution in [3.63, 3.8) is 0 Å². The number of alkyl halides is 3. The van der Waals surface area contributed by atoms with Crippen molar-refractivity contribution in [2.24, 2.45) is 5.10 Å². The molecule has 0 aliphatic heterocycles. The average molecular weight is 345 g/mol. The standard InChI is InChI=1S/C19H18F3N3/c1-13-9-17(14(2)25(13)12-19(20,21)22)11-23-24-18-8-7-15-5-3-4-6-16(15)10-18/h3-11,24H,12H2,1-2H3. The minimum Gasteiger partial charge on any atom is -0.339 e. The molecule has 130 valence electrons. The van der Waals surface area contributed by atoms with Gasteiger partial charge in [0.15, 0.2) is 0 Å². The van der Waals surface area contributed by atoms with E-state index in [1.165, 1.54) is 4.57 Å². The normalized spacial score (nSPS) is 12.2. The van der Waals surface area contributed by atoms with Gasteiger partial charge in [0.25, 0.3) is 0 Å². The van der Waals surface area contributed by atoms with Crippen molar-refractivity contribution in [2.45, 2.75) is 26.6 Å². The first-order chi connectivity index (χ1) is 11.8. The maximum atomic E-state index is 12.6. The Hall–Kier alpha value is -2.76. The molecule has 3 aromatic rings. The number of anilines is 1. The molecule has 0 saturated heterocycles. The smallest absolute Gasteiger partial charge is 0.339 e. The van der Waals surface area contributed by atoms with Crippen LogP contribution in [-0.4, -0.2) is 17.0 Å². The third-order valence-electron chi connectivity index (χ3n) is 4.10. The van der Waals surface area contributed by atoms with E-state index < -0.39 is 12.7 Å². The fraction of sp³-hybridized carbons (Fsp3) is 0.211. The van der Waals surface area contributed by atoms with Gasteiger partial charge in [0, 0.05) is 17.0 Å². The number of fused-ring (bicyclic) bond motifs is 1. The van der Waals surface area contributed by atoms with E-state index in [0.29, 0.717) is 17.0 Å². The number of hydrogen-bond acceptors (Lipinski definition) is 2. The van der Waals surface area contributed by atoms with Crippen LogP contribution < -0.4 is 5.43 Å². The Kier molecular flexibility index (Phi) is 4.53. The average Bonchev–Trinajstić information content (AvgIpc) is 2.81. The van der Waals surface area contributed by atoms with E-state index in [2.05, 4.69) is 10.5 Å². The number of nitrogens with one attached hydrogen (secondary N) is 1. The van der Waals surface area contributed by atoms with Crippen molar-refractivity contribution >= 4 is 22.7 Å². The third kappa shape index (κ3) is 4.02. The van der Waals surface area contributed by atoms with Gasteiger partial charge in [0.1, 0.15) is 6.54 Å². The SMILES string of the molecule is Cc1cc(C=NNc2ccc3ccccc3c2)c(C)n1CC(F)(F)F. The van der Waals surface area contributed by atoms with Crippen LogP contribution >= 0.6 is 0 Å². The quantitative estimate of drug-likeness (QED) is 0.507. The Bertz CT molecular complexity index is 923. The molecule has 2 aromatic carbocycles. The highest BCUT2D eigenvalue weighted by Gasteiger charge is 2.29. The van der Waals surface area contributed by atoms with Gasteiger partial charge >= 0.3 is 6.18 Å². The molecule has 0 aliphatic rings. The molecule has 0 bridgehead atoms. The van der Waals surface area contributed by atoms with Crippen LogP contribution in [0.3, 0.4) is 0 Å². The second-order valence-electron chi connectivity index (χ2n) is 5.96. The number of aryl methyl sites for hydroxylation is 1. The van der Waals surface area contributed by atoms with Crippen molar-refractivity contribution in [2.75, 3.05) is 5.43 Å². The summed E-state index contributed by atoms with van der Waals surface area (Å²) in [6.45, 7) is 2.33. The second kappa shape index (κ2) is 6.63.